The first-order valence-corrected chi connectivity index (χ1v) is 18.0. The number of carboxylic acids is 1. The number of anilines is 2. The van der Waals surface area contributed by atoms with Crippen molar-refractivity contribution < 1.29 is 80.0 Å². The molecule has 0 amide bonds. The molecule has 0 saturated heterocycles. The number of carbonyl (C=O) groups excluding carboxylic acids is 1. The van der Waals surface area contributed by atoms with E-state index < -0.39 is 23.7 Å². The van der Waals surface area contributed by atoms with Crippen LogP contribution in [0.2, 0.25) is 0 Å². The van der Waals surface area contributed by atoms with Gasteiger partial charge in [-0.3, -0.25) is 4.79 Å². The lowest BCUT2D eigenvalue weighted by molar-refractivity contribution is -0.139. The van der Waals surface area contributed by atoms with Crippen molar-refractivity contribution in [2.24, 2.45) is 0 Å². The number of halogens is 3. The van der Waals surface area contributed by atoms with Crippen molar-refractivity contribution in [2.45, 2.75) is 12.6 Å². The van der Waals surface area contributed by atoms with E-state index in [1.54, 1.807) is 18.2 Å². The fraction of sp³-hybridized carbons (Fsp3) is 0.622. The van der Waals surface area contributed by atoms with E-state index >= 15 is 0 Å². The van der Waals surface area contributed by atoms with Crippen LogP contribution >= 0.6 is 0 Å². The minimum absolute atomic E-state index is 0.00922. The monoisotopic (exact) mass is 793 g/mol. The van der Waals surface area contributed by atoms with Crippen LogP contribution in [0.25, 0.3) is 0 Å². The average molecular weight is 794 g/mol. The number of alkyl halides is 3. The second-order valence-electron chi connectivity index (χ2n) is 11.2. The standard InChI is InChI=1S/C37H54F3NO14/c38-37(39,40)31-4-3-5-32(30-31)41-34-7-2-1-6-33(34)36(44)55-29-28-54-27-26-53-25-24-52-23-22-51-21-20-50-19-18-49-17-16-48-15-14-47-13-12-46-11-10-45-9-8-35(42)43/h1-7,30,41H,8-29H2,(H,42,43). The van der Waals surface area contributed by atoms with E-state index in [1.165, 1.54) is 18.2 Å². The van der Waals surface area contributed by atoms with E-state index in [1.807, 2.05) is 0 Å². The Kier molecular flexibility index (Phi) is 27.5. The van der Waals surface area contributed by atoms with Crippen LogP contribution in [0.1, 0.15) is 22.3 Å². The van der Waals surface area contributed by atoms with Gasteiger partial charge in [0.1, 0.15) is 6.61 Å². The molecule has 0 radical (unpaired) electrons. The highest BCUT2D eigenvalue weighted by Crippen LogP contribution is 2.32. The third-order valence-corrected chi connectivity index (χ3v) is 6.89. The minimum Gasteiger partial charge on any atom is -0.481 e. The number of hydrogen-bond donors (Lipinski definition) is 2. The first-order chi connectivity index (χ1) is 26.8. The van der Waals surface area contributed by atoms with Crippen LogP contribution in [0.4, 0.5) is 24.5 Å². The van der Waals surface area contributed by atoms with Gasteiger partial charge in [-0.1, -0.05) is 18.2 Å². The van der Waals surface area contributed by atoms with Crippen LogP contribution in [0.3, 0.4) is 0 Å². The summed E-state index contributed by atoms with van der Waals surface area (Å²) in [4.78, 5) is 22.9. The second-order valence-corrected chi connectivity index (χ2v) is 11.2. The van der Waals surface area contributed by atoms with E-state index in [0.717, 1.165) is 12.1 Å². The zero-order valence-corrected chi connectivity index (χ0v) is 31.1. The van der Waals surface area contributed by atoms with Crippen LogP contribution in [0.5, 0.6) is 0 Å². The molecule has 0 unspecified atom stereocenters. The molecule has 0 spiro atoms. The molecule has 2 rings (SSSR count). The molecule has 0 atom stereocenters. The number of carboxylic acid groups (broad SMARTS) is 1. The first-order valence-electron chi connectivity index (χ1n) is 18.0. The van der Waals surface area contributed by atoms with Crippen LogP contribution in [-0.4, -0.2) is 156 Å². The molecule has 18 heteroatoms. The van der Waals surface area contributed by atoms with Crippen molar-refractivity contribution in [2.75, 3.05) is 144 Å². The Bertz CT molecular complexity index is 1270. The van der Waals surface area contributed by atoms with Gasteiger partial charge in [-0.25, -0.2) is 4.79 Å². The lowest BCUT2D eigenvalue weighted by Crippen LogP contribution is -2.16. The highest BCUT2D eigenvalue weighted by Gasteiger charge is 2.30. The maximum absolute atomic E-state index is 13.0. The molecule has 55 heavy (non-hydrogen) atoms. The normalized spacial score (nSPS) is 11.5. The smallest absolute Gasteiger partial charge is 0.416 e. The second kappa shape index (κ2) is 31.7. The molecule has 2 aromatic rings. The number of rotatable bonds is 36. The Balaban J connectivity index is 1.28. The zero-order chi connectivity index (χ0) is 39.7. The van der Waals surface area contributed by atoms with E-state index in [0.29, 0.717) is 125 Å². The summed E-state index contributed by atoms with van der Waals surface area (Å²) in [5.74, 6) is -1.52. The third-order valence-electron chi connectivity index (χ3n) is 6.89. The summed E-state index contributed by atoms with van der Waals surface area (Å²) in [6.45, 7) is 7.70. The average Bonchev–Trinajstić information content (AvgIpc) is 3.16. The van der Waals surface area contributed by atoms with Crippen LogP contribution in [-0.2, 0) is 63.1 Å². The molecule has 0 aliphatic rings. The predicted molar refractivity (Wildman–Crippen MR) is 192 cm³/mol. The van der Waals surface area contributed by atoms with Crippen LogP contribution < -0.4 is 5.32 Å². The van der Waals surface area contributed by atoms with Crippen molar-refractivity contribution >= 4 is 23.3 Å². The van der Waals surface area contributed by atoms with Gasteiger partial charge in [0.15, 0.2) is 0 Å². The van der Waals surface area contributed by atoms with Crippen molar-refractivity contribution in [1.82, 2.24) is 0 Å². The number of benzene rings is 2. The molecule has 2 N–H and O–H groups in total. The maximum Gasteiger partial charge on any atom is 0.416 e. The third kappa shape index (κ3) is 26.1. The fourth-order valence-electron chi connectivity index (χ4n) is 4.21. The lowest BCUT2D eigenvalue weighted by atomic mass is 10.1. The molecule has 2 aromatic carbocycles. The molecule has 0 fully saturated rings. The van der Waals surface area contributed by atoms with Gasteiger partial charge in [-0.05, 0) is 30.3 Å². The molecule has 0 bridgehead atoms. The topological polar surface area (TPSA) is 168 Å². The Morgan fingerprint density at radius 2 is 0.891 bits per heavy atom. The Morgan fingerprint density at radius 3 is 1.29 bits per heavy atom. The van der Waals surface area contributed by atoms with Gasteiger partial charge in [0.05, 0.1) is 155 Å². The summed E-state index contributed by atoms with van der Waals surface area (Å²) in [6, 6.07) is 11.1. The quantitative estimate of drug-likeness (QED) is 0.0742. The molecule has 0 aliphatic carbocycles. The first kappa shape index (κ1) is 47.7. The van der Waals surface area contributed by atoms with Gasteiger partial charge in [0.25, 0.3) is 0 Å². The number of ether oxygens (including phenoxy) is 11. The number of esters is 1. The van der Waals surface area contributed by atoms with E-state index in [-0.39, 0.29) is 37.5 Å². The number of carbonyl (C=O) groups is 2. The lowest BCUT2D eigenvalue weighted by Gasteiger charge is -2.13. The van der Waals surface area contributed by atoms with Gasteiger partial charge in [0.2, 0.25) is 0 Å². The number of hydrogen-bond acceptors (Lipinski definition) is 14. The molecule has 312 valence electrons. The van der Waals surface area contributed by atoms with Crippen molar-refractivity contribution in [3.8, 4) is 0 Å². The molecule has 0 saturated carbocycles. The summed E-state index contributed by atoms with van der Waals surface area (Å²) in [5, 5.41) is 11.3. The number of aliphatic carboxylic acids is 1. The summed E-state index contributed by atoms with van der Waals surface area (Å²) in [6.07, 6.45) is -4.50. The summed E-state index contributed by atoms with van der Waals surface area (Å²) in [5.41, 5.74) is -0.113. The maximum atomic E-state index is 13.0. The molecular weight excluding hydrogens is 739 g/mol. The zero-order valence-electron chi connectivity index (χ0n) is 31.1. The summed E-state index contributed by atoms with van der Waals surface area (Å²) in [7, 11) is 0. The number of para-hydroxylation sites is 1. The Labute approximate surface area is 319 Å². The largest absolute Gasteiger partial charge is 0.481 e. The summed E-state index contributed by atoms with van der Waals surface area (Å²) >= 11 is 0. The van der Waals surface area contributed by atoms with Gasteiger partial charge < -0.3 is 62.5 Å². The van der Waals surface area contributed by atoms with E-state index in [4.69, 9.17) is 57.2 Å². The number of nitrogens with one attached hydrogen (secondary N) is 1. The molecular formula is C37H54F3NO14. The van der Waals surface area contributed by atoms with Gasteiger partial charge in [0, 0.05) is 5.69 Å². The molecule has 0 aromatic heterocycles. The van der Waals surface area contributed by atoms with Crippen molar-refractivity contribution in [3.05, 3.63) is 59.7 Å². The summed E-state index contributed by atoms with van der Waals surface area (Å²) < 4.78 is 98.3. The van der Waals surface area contributed by atoms with Gasteiger partial charge in [-0.2, -0.15) is 13.2 Å². The predicted octanol–water partition coefficient (Wildman–Crippen LogP) is 4.25. The highest BCUT2D eigenvalue weighted by atomic mass is 19.4. The SMILES string of the molecule is O=C(O)CCOCCOCCOCCOCCOCCOCCOCCOCCOCCOCCOC(=O)c1ccccc1Nc1cccc(C(F)(F)F)c1. The molecule has 0 aliphatic heterocycles. The van der Waals surface area contributed by atoms with E-state index in [2.05, 4.69) is 5.32 Å². The van der Waals surface area contributed by atoms with Gasteiger partial charge in [-0.15, -0.1) is 0 Å². The van der Waals surface area contributed by atoms with Crippen LogP contribution in [0.15, 0.2) is 48.5 Å². The Hall–Kier alpha value is -3.43. The highest BCUT2D eigenvalue weighted by molar-refractivity contribution is 5.96. The van der Waals surface area contributed by atoms with Crippen molar-refractivity contribution in [3.63, 3.8) is 0 Å². The van der Waals surface area contributed by atoms with E-state index in [9.17, 15) is 22.8 Å². The molecule has 15 nitrogen and oxygen atoms in total. The van der Waals surface area contributed by atoms with Gasteiger partial charge >= 0.3 is 18.1 Å². The Morgan fingerprint density at radius 1 is 0.509 bits per heavy atom. The van der Waals surface area contributed by atoms with Crippen molar-refractivity contribution in [1.29, 1.82) is 0 Å². The molecule has 0 heterocycles. The van der Waals surface area contributed by atoms with Crippen LogP contribution in [0, 0.1) is 0 Å². The minimum atomic E-state index is -4.48. The fourth-order valence-corrected chi connectivity index (χ4v) is 4.21.